The van der Waals surface area contributed by atoms with Gasteiger partial charge in [-0.3, -0.25) is 0 Å². The summed E-state index contributed by atoms with van der Waals surface area (Å²) in [6.45, 7) is 5.93. The van der Waals surface area contributed by atoms with Crippen LogP contribution in [-0.4, -0.2) is 39.5 Å². The zero-order valence-electron chi connectivity index (χ0n) is 10.9. The van der Waals surface area contributed by atoms with Crippen molar-refractivity contribution in [3.05, 3.63) is 29.3 Å². The minimum atomic E-state index is 0.814. The van der Waals surface area contributed by atoms with Crippen LogP contribution in [0.5, 0.6) is 5.75 Å². The van der Waals surface area contributed by atoms with Crippen LogP contribution in [0.25, 0.3) is 0 Å². The van der Waals surface area contributed by atoms with E-state index in [2.05, 4.69) is 18.2 Å². The Morgan fingerprint density at radius 2 is 1.94 bits per heavy atom. The highest BCUT2D eigenvalue weighted by atomic mass is 16.5. The van der Waals surface area contributed by atoms with Gasteiger partial charge in [0.2, 0.25) is 0 Å². The van der Waals surface area contributed by atoms with E-state index < -0.39 is 0 Å². The van der Waals surface area contributed by atoms with Crippen molar-refractivity contribution in [1.82, 2.24) is 0 Å². The third-order valence-electron chi connectivity index (χ3n) is 3.99. The third kappa shape index (κ3) is 2.85. The summed E-state index contributed by atoms with van der Waals surface area (Å²) in [6.07, 6.45) is 3.77. The Morgan fingerprint density at radius 1 is 1.11 bits per heavy atom. The minimum absolute atomic E-state index is 0.814. The number of hydrogen-bond donors (Lipinski definition) is 1. The summed E-state index contributed by atoms with van der Waals surface area (Å²) in [4.78, 5) is 1.60. The van der Waals surface area contributed by atoms with E-state index >= 15 is 0 Å². The second-order valence-corrected chi connectivity index (χ2v) is 5.24. The third-order valence-corrected chi connectivity index (χ3v) is 3.99. The van der Waals surface area contributed by atoms with Gasteiger partial charge in [-0.1, -0.05) is 6.07 Å². The fourth-order valence-electron chi connectivity index (χ4n) is 2.86. The molecule has 98 valence electrons. The van der Waals surface area contributed by atoms with E-state index in [1.807, 2.05) is 0 Å². The summed E-state index contributed by atoms with van der Waals surface area (Å²) >= 11 is 0. The Balaban J connectivity index is 1.48. The van der Waals surface area contributed by atoms with Gasteiger partial charge in [0, 0.05) is 0 Å². The molecule has 0 unspecified atom stereocenters. The lowest BCUT2D eigenvalue weighted by atomic mass is 10.1. The molecule has 1 N–H and O–H groups in total. The highest BCUT2D eigenvalue weighted by Crippen LogP contribution is 2.25. The molecule has 1 saturated heterocycles. The maximum Gasteiger partial charge on any atom is 0.137 e. The molecule has 3 heteroatoms. The summed E-state index contributed by atoms with van der Waals surface area (Å²) < 4.78 is 11.2. The summed E-state index contributed by atoms with van der Waals surface area (Å²) in [5.41, 5.74) is 3.01. The monoisotopic (exact) mass is 248 g/mol. The maximum absolute atomic E-state index is 5.87. The highest BCUT2D eigenvalue weighted by Gasteiger charge is 2.14. The predicted octanol–water partition coefficient (Wildman–Crippen LogP) is 0.469. The number of fused-ring (bicyclic) bond motifs is 1. The van der Waals surface area contributed by atoms with Crippen molar-refractivity contribution < 1.29 is 14.4 Å². The zero-order valence-corrected chi connectivity index (χ0v) is 10.9. The van der Waals surface area contributed by atoms with Gasteiger partial charge < -0.3 is 14.4 Å². The van der Waals surface area contributed by atoms with Gasteiger partial charge in [0.15, 0.2) is 0 Å². The average molecular weight is 248 g/mol. The quantitative estimate of drug-likeness (QED) is 0.837. The standard InChI is InChI=1S/C15H21NO2/c1-2-13-4-5-15(12-14(13)3-1)18-11-8-16-6-9-17-10-7-16/h4-5,12H,1-3,6-11H2/p+1. The predicted molar refractivity (Wildman–Crippen MR) is 70.3 cm³/mol. The summed E-state index contributed by atoms with van der Waals surface area (Å²) in [5.74, 6) is 1.04. The first-order chi connectivity index (χ1) is 8.92. The van der Waals surface area contributed by atoms with Crippen LogP contribution < -0.4 is 9.64 Å². The molecule has 0 bridgehead atoms. The molecule has 2 aliphatic rings. The Hall–Kier alpha value is -1.06. The van der Waals surface area contributed by atoms with Crippen molar-refractivity contribution >= 4 is 0 Å². The van der Waals surface area contributed by atoms with Gasteiger partial charge in [-0.05, 0) is 42.5 Å². The van der Waals surface area contributed by atoms with Gasteiger partial charge in [0.05, 0.1) is 13.2 Å². The number of quaternary nitrogens is 1. The Morgan fingerprint density at radius 3 is 2.83 bits per heavy atom. The van der Waals surface area contributed by atoms with E-state index in [1.165, 1.54) is 30.4 Å². The molecule has 1 aliphatic carbocycles. The van der Waals surface area contributed by atoms with Crippen molar-refractivity contribution in [2.24, 2.45) is 0 Å². The normalized spacial score (nSPS) is 19.8. The smallest absolute Gasteiger partial charge is 0.137 e. The number of aryl methyl sites for hydroxylation is 2. The van der Waals surface area contributed by atoms with Crippen molar-refractivity contribution in [2.75, 3.05) is 39.5 Å². The van der Waals surface area contributed by atoms with E-state index in [-0.39, 0.29) is 0 Å². The lowest BCUT2D eigenvalue weighted by Crippen LogP contribution is -3.14. The van der Waals surface area contributed by atoms with Crippen molar-refractivity contribution in [3.8, 4) is 5.75 Å². The average Bonchev–Trinajstić information content (AvgIpc) is 2.87. The summed E-state index contributed by atoms with van der Waals surface area (Å²) in [6, 6.07) is 6.59. The Kier molecular flexibility index (Phi) is 3.81. The molecule has 3 nitrogen and oxygen atoms in total. The first-order valence-electron chi connectivity index (χ1n) is 7.08. The summed E-state index contributed by atoms with van der Waals surface area (Å²) in [7, 11) is 0. The molecule has 18 heavy (non-hydrogen) atoms. The number of hydrogen-bond acceptors (Lipinski definition) is 2. The number of morpholine rings is 1. The maximum atomic E-state index is 5.87. The molecule has 0 spiro atoms. The van der Waals surface area contributed by atoms with Gasteiger partial charge in [0.25, 0.3) is 0 Å². The second kappa shape index (κ2) is 5.72. The fourth-order valence-corrected chi connectivity index (χ4v) is 2.86. The molecular formula is C15H22NO2+. The van der Waals surface area contributed by atoms with E-state index in [0.29, 0.717) is 0 Å². The van der Waals surface area contributed by atoms with Crippen LogP contribution in [0.1, 0.15) is 17.5 Å². The Bertz CT molecular complexity index is 399. The molecule has 3 rings (SSSR count). The van der Waals surface area contributed by atoms with E-state index in [4.69, 9.17) is 9.47 Å². The SMILES string of the molecule is c1cc2c(cc1OCC[NH+]1CCOCC1)CCC2. The molecule has 1 aromatic carbocycles. The van der Waals surface area contributed by atoms with Crippen molar-refractivity contribution in [2.45, 2.75) is 19.3 Å². The van der Waals surface area contributed by atoms with E-state index in [1.54, 1.807) is 4.90 Å². The molecule has 1 heterocycles. The first-order valence-corrected chi connectivity index (χ1v) is 7.08. The van der Waals surface area contributed by atoms with Crippen LogP contribution in [0.2, 0.25) is 0 Å². The number of rotatable bonds is 4. The molecule has 0 atom stereocenters. The Labute approximate surface area is 109 Å². The fraction of sp³-hybridized carbons (Fsp3) is 0.600. The lowest BCUT2D eigenvalue weighted by molar-refractivity contribution is -0.908. The summed E-state index contributed by atoms with van der Waals surface area (Å²) in [5, 5.41) is 0. The highest BCUT2D eigenvalue weighted by molar-refractivity contribution is 5.38. The van der Waals surface area contributed by atoms with Crippen LogP contribution in [-0.2, 0) is 17.6 Å². The molecule has 1 aliphatic heterocycles. The lowest BCUT2D eigenvalue weighted by Gasteiger charge is -2.23. The molecule has 0 aromatic heterocycles. The molecule has 1 fully saturated rings. The van der Waals surface area contributed by atoms with Crippen LogP contribution in [0.3, 0.4) is 0 Å². The van der Waals surface area contributed by atoms with Crippen LogP contribution in [0.4, 0.5) is 0 Å². The van der Waals surface area contributed by atoms with Gasteiger partial charge in [-0.15, -0.1) is 0 Å². The second-order valence-electron chi connectivity index (χ2n) is 5.24. The van der Waals surface area contributed by atoms with Gasteiger partial charge in [-0.25, -0.2) is 0 Å². The molecule has 1 aromatic rings. The van der Waals surface area contributed by atoms with Gasteiger partial charge >= 0.3 is 0 Å². The number of ether oxygens (including phenoxy) is 2. The number of nitrogens with one attached hydrogen (secondary N) is 1. The first kappa shape index (κ1) is 12.0. The molecule has 0 saturated carbocycles. The van der Waals surface area contributed by atoms with E-state index in [0.717, 1.165) is 45.2 Å². The van der Waals surface area contributed by atoms with Crippen molar-refractivity contribution in [1.29, 1.82) is 0 Å². The molecule has 0 radical (unpaired) electrons. The number of benzene rings is 1. The van der Waals surface area contributed by atoms with Gasteiger partial charge in [0.1, 0.15) is 32.0 Å². The largest absolute Gasteiger partial charge is 0.488 e. The topological polar surface area (TPSA) is 22.9 Å². The van der Waals surface area contributed by atoms with Crippen LogP contribution >= 0.6 is 0 Å². The molecule has 0 amide bonds. The minimum Gasteiger partial charge on any atom is -0.488 e. The molecular weight excluding hydrogens is 226 g/mol. The zero-order chi connectivity index (χ0) is 12.2. The van der Waals surface area contributed by atoms with E-state index in [9.17, 15) is 0 Å². The van der Waals surface area contributed by atoms with Crippen LogP contribution in [0, 0.1) is 0 Å². The van der Waals surface area contributed by atoms with Gasteiger partial charge in [-0.2, -0.15) is 0 Å². The van der Waals surface area contributed by atoms with Crippen LogP contribution in [0.15, 0.2) is 18.2 Å². The van der Waals surface area contributed by atoms with Crippen molar-refractivity contribution in [3.63, 3.8) is 0 Å².